The molecule has 0 aliphatic carbocycles. The maximum Gasteiger partial charge on any atom is 0.273 e. The lowest BCUT2D eigenvalue weighted by Gasteiger charge is -2.14. The summed E-state index contributed by atoms with van der Waals surface area (Å²) in [5, 5.41) is 16.2. The molecular weight excluding hydrogens is 358 g/mol. The fourth-order valence-electron chi connectivity index (χ4n) is 2.16. The molecule has 0 heterocycles. The van der Waals surface area contributed by atoms with Gasteiger partial charge in [-0.1, -0.05) is 12.1 Å². The molecule has 9 heteroatoms. The molecule has 0 spiro atoms. The first-order valence-electron chi connectivity index (χ1n) is 7.62. The van der Waals surface area contributed by atoms with E-state index in [0.29, 0.717) is 23.6 Å². The molecule has 2 N–H and O–H groups in total. The van der Waals surface area contributed by atoms with Gasteiger partial charge in [0.1, 0.15) is 11.5 Å². The highest BCUT2D eigenvalue weighted by Gasteiger charge is 2.16. The molecule has 136 valence electrons. The number of methoxy groups -OCH3 is 1. The van der Waals surface area contributed by atoms with Crippen LogP contribution in [0.3, 0.4) is 0 Å². The van der Waals surface area contributed by atoms with Crippen molar-refractivity contribution < 1.29 is 19.2 Å². The number of carbonyl (C=O) groups is 1. The molecule has 0 atom stereocenters. The predicted octanol–water partition coefficient (Wildman–Crippen LogP) is 3.13. The van der Waals surface area contributed by atoms with Gasteiger partial charge in [0, 0.05) is 6.07 Å². The smallest absolute Gasteiger partial charge is 0.273 e. The highest BCUT2D eigenvalue weighted by molar-refractivity contribution is 7.80. The predicted molar refractivity (Wildman–Crippen MR) is 101 cm³/mol. The van der Waals surface area contributed by atoms with E-state index in [2.05, 4.69) is 10.6 Å². The molecule has 0 aliphatic rings. The lowest BCUT2D eigenvalue weighted by atomic mass is 10.2. The third-order valence-corrected chi connectivity index (χ3v) is 3.51. The van der Waals surface area contributed by atoms with Gasteiger partial charge in [-0.2, -0.15) is 0 Å². The molecule has 0 aliphatic heterocycles. The van der Waals surface area contributed by atoms with E-state index < -0.39 is 10.8 Å². The number of non-ortho nitro benzene ring substituents is 1. The Morgan fingerprint density at radius 3 is 2.62 bits per heavy atom. The van der Waals surface area contributed by atoms with E-state index in [4.69, 9.17) is 21.7 Å². The van der Waals surface area contributed by atoms with Crippen molar-refractivity contribution >= 4 is 34.6 Å². The number of anilines is 1. The van der Waals surface area contributed by atoms with E-state index in [0.717, 1.165) is 0 Å². The number of amides is 1. The summed E-state index contributed by atoms with van der Waals surface area (Å²) in [4.78, 5) is 22.7. The Morgan fingerprint density at radius 1 is 1.23 bits per heavy atom. The third kappa shape index (κ3) is 4.67. The number of thiocarbonyl (C=S) groups is 1. The minimum atomic E-state index is -0.531. The number of para-hydroxylation sites is 1. The zero-order valence-electron chi connectivity index (χ0n) is 14.1. The summed E-state index contributed by atoms with van der Waals surface area (Å²) >= 11 is 5.14. The van der Waals surface area contributed by atoms with Gasteiger partial charge in [0.15, 0.2) is 5.11 Å². The fourth-order valence-corrected chi connectivity index (χ4v) is 2.36. The van der Waals surface area contributed by atoms with Gasteiger partial charge in [-0.05, 0) is 37.3 Å². The summed E-state index contributed by atoms with van der Waals surface area (Å²) in [6.45, 7) is 2.24. The molecule has 1 amide bonds. The summed E-state index contributed by atoms with van der Waals surface area (Å²) in [5.74, 6) is 0.237. The van der Waals surface area contributed by atoms with E-state index >= 15 is 0 Å². The van der Waals surface area contributed by atoms with Crippen LogP contribution in [-0.4, -0.2) is 29.7 Å². The minimum absolute atomic E-state index is 0.0217. The largest absolute Gasteiger partial charge is 0.494 e. The van der Waals surface area contributed by atoms with Gasteiger partial charge >= 0.3 is 0 Å². The lowest BCUT2D eigenvalue weighted by Crippen LogP contribution is -2.34. The van der Waals surface area contributed by atoms with Crippen LogP contribution < -0.4 is 20.1 Å². The van der Waals surface area contributed by atoms with Crippen LogP contribution >= 0.6 is 12.2 Å². The molecule has 26 heavy (non-hydrogen) atoms. The number of rotatable bonds is 6. The second kappa shape index (κ2) is 8.77. The number of nitro groups is 1. The molecule has 8 nitrogen and oxygen atoms in total. The number of carbonyl (C=O) groups excluding carboxylic acids is 1. The summed E-state index contributed by atoms with van der Waals surface area (Å²) in [6, 6.07) is 10.8. The Labute approximate surface area is 155 Å². The summed E-state index contributed by atoms with van der Waals surface area (Å²) in [7, 11) is 1.38. The lowest BCUT2D eigenvalue weighted by molar-refractivity contribution is -0.384. The van der Waals surface area contributed by atoms with Gasteiger partial charge in [0.25, 0.3) is 11.6 Å². The molecule has 0 saturated heterocycles. The van der Waals surface area contributed by atoms with Crippen molar-refractivity contribution in [2.75, 3.05) is 19.0 Å². The molecule has 0 bridgehead atoms. The number of nitro benzene ring substituents is 1. The Kier molecular flexibility index (Phi) is 6.45. The van der Waals surface area contributed by atoms with Gasteiger partial charge in [-0.15, -0.1) is 0 Å². The zero-order valence-corrected chi connectivity index (χ0v) is 15.0. The standard InChI is InChI=1S/C17H17N3O5S/c1-3-25-14-7-5-4-6-12(14)16(21)19-17(26)18-13-9-8-11(20(22)23)10-15(13)24-2/h4-10H,3H2,1-2H3,(H2,18,19,21,26). The Morgan fingerprint density at radius 2 is 1.96 bits per heavy atom. The molecular formula is C17H17N3O5S. The van der Waals surface area contributed by atoms with Crippen molar-refractivity contribution in [1.29, 1.82) is 0 Å². The van der Waals surface area contributed by atoms with E-state index in [-0.39, 0.29) is 16.5 Å². The molecule has 0 radical (unpaired) electrons. The minimum Gasteiger partial charge on any atom is -0.494 e. The fraction of sp³-hybridized carbons (Fsp3) is 0.176. The number of nitrogens with zero attached hydrogens (tertiary/aromatic N) is 1. The number of benzene rings is 2. The van der Waals surface area contributed by atoms with Crippen LogP contribution in [0.15, 0.2) is 42.5 Å². The van der Waals surface area contributed by atoms with Crippen LogP contribution in [0.25, 0.3) is 0 Å². The van der Waals surface area contributed by atoms with Crippen molar-refractivity contribution in [1.82, 2.24) is 5.32 Å². The summed E-state index contributed by atoms with van der Waals surface area (Å²) in [6.07, 6.45) is 0. The van der Waals surface area contributed by atoms with Crippen LogP contribution in [0.5, 0.6) is 11.5 Å². The van der Waals surface area contributed by atoms with E-state index in [1.807, 2.05) is 6.92 Å². The average molecular weight is 375 g/mol. The molecule has 0 fully saturated rings. The first kappa shape index (κ1) is 19.1. The molecule has 0 aromatic heterocycles. The molecule has 0 unspecified atom stereocenters. The van der Waals surface area contributed by atoms with Crippen LogP contribution in [0, 0.1) is 10.1 Å². The molecule has 0 saturated carbocycles. The van der Waals surface area contributed by atoms with Crippen molar-refractivity contribution in [3.63, 3.8) is 0 Å². The van der Waals surface area contributed by atoms with Crippen LogP contribution in [0.4, 0.5) is 11.4 Å². The van der Waals surface area contributed by atoms with Gasteiger partial charge in [-0.3, -0.25) is 20.2 Å². The summed E-state index contributed by atoms with van der Waals surface area (Å²) < 4.78 is 10.5. The van der Waals surface area contributed by atoms with E-state index in [9.17, 15) is 14.9 Å². The summed E-state index contributed by atoms with van der Waals surface area (Å²) in [5.41, 5.74) is 0.614. The van der Waals surface area contributed by atoms with Crippen molar-refractivity contribution in [2.24, 2.45) is 0 Å². The van der Waals surface area contributed by atoms with Gasteiger partial charge < -0.3 is 14.8 Å². The normalized spacial score (nSPS) is 9.92. The maximum absolute atomic E-state index is 12.4. The monoisotopic (exact) mass is 375 g/mol. The highest BCUT2D eigenvalue weighted by Crippen LogP contribution is 2.29. The van der Waals surface area contributed by atoms with Gasteiger partial charge in [0.2, 0.25) is 0 Å². The number of hydrogen-bond donors (Lipinski definition) is 2. The van der Waals surface area contributed by atoms with Crippen molar-refractivity contribution in [3.05, 3.63) is 58.1 Å². The second-order valence-electron chi connectivity index (χ2n) is 4.98. The Balaban J connectivity index is 2.12. The number of ether oxygens (including phenoxy) is 2. The Hall–Kier alpha value is -3.20. The number of hydrogen-bond acceptors (Lipinski definition) is 6. The third-order valence-electron chi connectivity index (χ3n) is 3.30. The zero-order chi connectivity index (χ0) is 19.1. The van der Waals surface area contributed by atoms with Crippen LogP contribution in [0.2, 0.25) is 0 Å². The van der Waals surface area contributed by atoms with Crippen LogP contribution in [0.1, 0.15) is 17.3 Å². The maximum atomic E-state index is 12.4. The first-order valence-corrected chi connectivity index (χ1v) is 8.03. The van der Waals surface area contributed by atoms with Gasteiger partial charge in [0.05, 0.1) is 36.0 Å². The SMILES string of the molecule is CCOc1ccccc1C(=O)NC(=S)Nc1ccc([N+](=O)[O-])cc1OC. The van der Waals surface area contributed by atoms with E-state index in [1.54, 1.807) is 24.3 Å². The highest BCUT2D eigenvalue weighted by atomic mass is 32.1. The van der Waals surface area contributed by atoms with Gasteiger partial charge in [-0.25, -0.2) is 0 Å². The first-order chi connectivity index (χ1) is 12.5. The van der Waals surface area contributed by atoms with Crippen molar-refractivity contribution in [3.8, 4) is 11.5 Å². The van der Waals surface area contributed by atoms with E-state index in [1.165, 1.54) is 25.3 Å². The van der Waals surface area contributed by atoms with Crippen LogP contribution in [-0.2, 0) is 0 Å². The molecule has 2 aromatic carbocycles. The Bertz CT molecular complexity index is 841. The van der Waals surface area contributed by atoms with Crippen molar-refractivity contribution in [2.45, 2.75) is 6.92 Å². The average Bonchev–Trinajstić information content (AvgIpc) is 2.62. The molecule has 2 rings (SSSR count). The quantitative estimate of drug-likeness (QED) is 0.454. The number of nitrogens with one attached hydrogen (secondary N) is 2. The topological polar surface area (TPSA) is 103 Å². The molecule has 2 aromatic rings. The second-order valence-corrected chi connectivity index (χ2v) is 5.39.